The number of rotatable bonds is 8. The van der Waals surface area contributed by atoms with E-state index in [9.17, 15) is 22.8 Å². The molecule has 3 rings (SSSR count). The summed E-state index contributed by atoms with van der Waals surface area (Å²) in [4.78, 5) is 37.8. The van der Waals surface area contributed by atoms with Gasteiger partial charge in [0, 0.05) is 26.2 Å². The quantitative estimate of drug-likeness (QED) is 0.528. The number of nitrogens with one attached hydrogen (secondary N) is 1. The van der Waals surface area contributed by atoms with Crippen LogP contribution in [-0.4, -0.2) is 74.2 Å². The molecule has 178 valence electrons. The number of piperazine rings is 1. The minimum Gasteiger partial charge on any atom is -0.462 e. The van der Waals surface area contributed by atoms with E-state index in [2.05, 4.69) is 5.32 Å². The molecule has 0 saturated carbocycles. The van der Waals surface area contributed by atoms with Crippen LogP contribution in [0.4, 0.5) is 5.00 Å². The first-order valence-corrected chi connectivity index (χ1v) is 12.7. The largest absolute Gasteiger partial charge is 0.462 e. The van der Waals surface area contributed by atoms with Gasteiger partial charge in [-0.3, -0.25) is 14.5 Å². The van der Waals surface area contributed by atoms with E-state index in [1.54, 1.807) is 25.3 Å². The minimum atomic E-state index is -3.74. The monoisotopic (exact) mass is 494 g/mol. The standard InChI is InChI=1S/C21H26N4O6S2/c1-3-31-21(28)15-4-6-16(7-5-15)33(29,30)25-11-9-24(10-12-25)14(2)19(27)23-20-17(18(22)26)8-13-32-20/h4-8,13-14H,3,9-12H2,1-2H3,(H2,22,26)(H,23,27). The van der Waals surface area contributed by atoms with Crippen LogP contribution in [0.1, 0.15) is 34.6 Å². The van der Waals surface area contributed by atoms with Gasteiger partial charge in [0.05, 0.1) is 28.7 Å². The van der Waals surface area contributed by atoms with Gasteiger partial charge in [0.1, 0.15) is 5.00 Å². The average Bonchev–Trinajstić information content (AvgIpc) is 3.27. The lowest BCUT2D eigenvalue weighted by Crippen LogP contribution is -2.53. The van der Waals surface area contributed by atoms with Crippen molar-refractivity contribution in [3.63, 3.8) is 0 Å². The zero-order valence-corrected chi connectivity index (χ0v) is 19.9. The van der Waals surface area contributed by atoms with Crippen molar-refractivity contribution in [3.8, 4) is 0 Å². The van der Waals surface area contributed by atoms with Gasteiger partial charge in [0.25, 0.3) is 5.91 Å². The number of anilines is 1. The van der Waals surface area contributed by atoms with Crippen LogP contribution in [0.3, 0.4) is 0 Å². The van der Waals surface area contributed by atoms with Crippen LogP contribution in [0.15, 0.2) is 40.6 Å². The third-order valence-electron chi connectivity index (χ3n) is 5.37. The summed E-state index contributed by atoms with van der Waals surface area (Å²) < 4.78 is 32.2. The number of esters is 1. The van der Waals surface area contributed by atoms with E-state index in [4.69, 9.17) is 10.5 Å². The van der Waals surface area contributed by atoms with Crippen LogP contribution in [0.2, 0.25) is 0 Å². The summed E-state index contributed by atoms with van der Waals surface area (Å²) in [5.41, 5.74) is 5.85. The number of hydrogen-bond donors (Lipinski definition) is 2. The fourth-order valence-corrected chi connectivity index (χ4v) is 5.66. The number of nitrogens with two attached hydrogens (primary N) is 1. The number of thiophene rings is 1. The van der Waals surface area contributed by atoms with Gasteiger partial charge in [-0.2, -0.15) is 4.31 Å². The molecule has 0 spiro atoms. The highest BCUT2D eigenvalue weighted by Crippen LogP contribution is 2.24. The number of carbonyl (C=O) groups excluding carboxylic acids is 3. The van der Waals surface area contributed by atoms with Crippen molar-refractivity contribution < 1.29 is 27.5 Å². The van der Waals surface area contributed by atoms with Crippen molar-refractivity contribution in [3.05, 3.63) is 46.8 Å². The normalized spacial score (nSPS) is 16.2. The van der Waals surface area contributed by atoms with Crippen molar-refractivity contribution in [2.24, 2.45) is 5.73 Å². The van der Waals surface area contributed by atoms with Crippen LogP contribution in [0.5, 0.6) is 0 Å². The molecule has 1 aliphatic heterocycles. The van der Waals surface area contributed by atoms with E-state index < -0.39 is 27.9 Å². The van der Waals surface area contributed by atoms with Crippen LogP contribution < -0.4 is 11.1 Å². The number of carbonyl (C=O) groups is 3. The maximum absolute atomic E-state index is 13.0. The molecule has 33 heavy (non-hydrogen) atoms. The van der Waals surface area contributed by atoms with Crippen LogP contribution in [0, 0.1) is 0 Å². The minimum absolute atomic E-state index is 0.0893. The highest BCUT2D eigenvalue weighted by atomic mass is 32.2. The van der Waals surface area contributed by atoms with Crippen LogP contribution in [-0.2, 0) is 19.6 Å². The molecule has 0 aliphatic carbocycles. The number of benzene rings is 1. The Bertz CT molecular complexity index is 1120. The molecule has 10 nitrogen and oxygen atoms in total. The lowest BCUT2D eigenvalue weighted by Gasteiger charge is -2.36. The molecular formula is C21H26N4O6S2. The van der Waals surface area contributed by atoms with Crippen LogP contribution >= 0.6 is 11.3 Å². The number of sulfonamides is 1. The van der Waals surface area contributed by atoms with Gasteiger partial charge < -0.3 is 15.8 Å². The van der Waals surface area contributed by atoms with Crippen molar-refractivity contribution >= 4 is 44.1 Å². The smallest absolute Gasteiger partial charge is 0.338 e. The first kappa shape index (κ1) is 24.8. The van der Waals surface area contributed by atoms with E-state index in [1.165, 1.54) is 39.9 Å². The van der Waals surface area contributed by atoms with Crippen molar-refractivity contribution in [2.75, 3.05) is 38.1 Å². The summed E-state index contributed by atoms with van der Waals surface area (Å²) in [7, 11) is -3.74. The van der Waals surface area contributed by atoms with Crippen molar-refractivity contribution in [1.82, 2.24) is 9.21 Å². The summed E-state index contributed by atoms with van der Waals surface area (Å²) in [6.45, 7) is 4.81. The Morgan fingerprint density at radius 1 is 1.12 bits per heavy atom. The fraction of sp³-hybridized carbons (Fsp3) is 0.381. The van der Waals surface area contributed by atoms with Crippen molar-refractivity contribution in [2.45, 2.75) is 24.8 Å². The van der Waals surface area contributed by atoms with Gasteiger partial charge in [-0.25, -0.2) is 13.2 Å². The van der Waals surface area contributed by atoms with Gasteiger partial charge in [-0.15, -0.1) is 11.3 Å². The average molecular weight is 495 g/mol. The van der Waals surface area contributed by atoms with E-state index in [0.29, 0.717) is 18.1 Å². The molecular weight excluding hydrogens is 468 g/mol. The molecule has 1 saturated heterocycles. The molecule has 2 aromatic rings. The third kappa shape index (κ3) is 5.58. The topological polar surface area (TPSA) is 139 Å². The lowest BCUT2D eigenvalue weighted by atomic mass is 10.2. The van der Waals surface area contributed by atoms with Gasteiger partial charge in [0.2, 0.25) is 15.9 Å². The van der Waals surface area contributed by atoms with Gasteiger partial charge in [-0.05, 0) is 49.6 Å². The maximum atomic E-state index is 13.0. The molecule has 1 fully saturated rings. The Labute approximate surface area is 196 Å². The second kappa shape index (κ2) is 10.4. The summed E-state index contributed by atoms with van der Waals surface area (Å²) in [5.74, 6) is -1.42. The Hall–Kier alpha value is -2.80. The highest BCUT2D eigenvalue weighted by Gasteiger charge is 2.32. The Kier molecular flexibility index (Phi) is 7.84. The first-order valence-electron chi connectivity index (χ1n) is 10.3. The van der Waals surface area contributed by atoms with E-state index >= 15 is 0 Å². The lowest BCUT2D eigenvalue weighted by molar-refractivity contribution is -0.121. The van der Waals surface area contributed by atoms with Gasteiger partial charge in [-0.1, -0.05) is 0 Å². The summed E-state index contributed by atoms with van der Waals surface area (Å²) in [5, 5.41) is 4.79. The molecule has 3 N–H and O–H groups in total. The predicted octanol–water partition coefficient (Wildman–Crippen LogP) is 1.36. The first-order chi connectivity index (χ1) is 15.6. The zero-order valence-electron chi connectivity index (χ0n) is 18.3. The number of amides is 2. The molecule has 1 aromatic carbocycles. The molecule has 2 amide bonds. The molecule has 2 heterocycles. The predicted molar refractivity (Wildman–Crippen MR) is 124 cm³/mol. The Morgan fingerprint density at radius 2 is 1.76 bits per heavy atom. The number of hydrogen-bond acceptors (Lipinski definition) is 8. The van der Waals surface area contributed by atoms with Crippen molar-refractivity contribution in [1.29, 1.82) is 0 Å². The highest BCUT2D eigenvalue weighted by molar-refractivity contribution is 7.89. The third-order valence-corrected chi connectivity index (χ3v) is 8.11. The molecule has 1 atom stereocenters. The molecule has 0 bridgehead atoms. The van der Waals surface area contributed by atoms with E-state index in [0.717, 1.165) is 0 Å². The molecule has 0 radical (unpaired) electrons. The molecule has 1 aliphatic rings. The zero-order chi connectivity index (χ0) is 24.2. The summed E-state index contributed by atoms with van der Waals surface area (Å²) in [6.07, 6.45) is 0. The van der Waals surface area contributed by atoms with Crippen LogP contribution in [0.25, 0.3) is 0 Å². The fourth-order valence-electron chi connectivity index (χ4n) is 3.44. The summed E-state index contributed by atoms with van der Waals surface area (Å²) in [6, 6.07) is 6.66. The molecule has 1 unspecified atom stereocenters. The number of primary amides is 1. The SMILES string of the molecule is CCOC(=O)c1ccc(S(=O)(=O)N2CCN(C(C)C(=O)Nc3sccc3C(N)=O)CC2)cc1. The Morgan fingerprint density at radius 3 is 2.33 bits per heavy atom. The second-order valence-electron chi connectivity index (χ2n) is 7.38. The van der Waals surface area contributed by atoms with E-state index in [1.807, 2.05) is 4.90 Å². The van der Waals surface area contributed by atoms with E-state index in [-0.39, 0.29) is 41.6 Å². The van der Waals surface area contributed by atoms with Gasteiger partial charge in [0.15, 0.2) is 0 Å². The Balaban J connectivity index is 1.60. The second-order valence-corrected chi connectivity index (χ2v) is 10.2. The summed E-state index contributed by atoms with van der Waals surface area (Å²) >= 11 is 1.21. The van der Waals surface area contributed by atoms with Gasteiger partial charge >= 0.3 is 5.97 Å². The molecule has 1 aromatic heterocycles. The number of ether oxygens (including phenoxy) is 1. The maximum Gasteiger partial charge on any atom is 0.338 e. The molecule has 12 heteroatoms. The number of nitrogens with zero attached hydrogens (tertiary/aromatic N) is 2.